The maximum Gasteiger partial charge on any atom is 0.128 e. The number of likely N-dealkylation sites (tertiary alicyclic amines) is 1. The number of methoxy groups -OCH3 is 1. The average molecular weight is 373 g/mol. The summed E-state index contributed by atoms with van der Waals surface area (Å²) < 4.78 is 24.8. The second-order valence-electron chi connectivity index (χ2n) is 7.33. The quantitative estimate of drug-likeness (QED) is 0.866. The summed E-state index contributed by atoms with van der Waals surface area (Å²) in [6.07, 6.45) is 0.966. The van der Waals surface area contributed by atoms with Crippen molar-refractivity contribution in [1.29, 1.82) is 0 Å². The number of aliphatic hydroxyl groups is 1. The number of aromatic hydroxyl groups is 1. The van der Waals surface area contributed by atoms with Gasteiger partial charge in [0, 0.05) is 31.8 Å². The van der Waals surface area contributed by atoms with Crippen LogP contribution in [-0.2, 0) is 10.3 Å². The molecular weight excluding hydrogens is 349 g/mol. The molecule has 2 N–H and O–H groups in total. The minimum atomic E-state index is -0.939. The molecule has 144 valence electrons. The van der Waals surface area contributed by atoms with Gasteiger partial charge in [-0.05, 0) is 42.7 Å². The zero-order valence-electron chi connectivity index (χ0n) is 15.3. The average Bonchev–Trinajstić information content (AvgIpc) is 2.68. The molecule has 2 aromatic carbocycles. The van der Waals surface area contributed by atoms with Gasteiger partial charge in [-0.25, -0.2) is 4.39 Å². The molecule has 4 rings (SSSR count). The van der Waals surface area contributed by atoms with E-state index in [4.69, 9.17) is 9.47 Å². The van der Waals surface area contributed by atoms with E-state index in [0.717, 1.165) is 11.1 Å². The molecule has 2 heterocycles. The Bertz CT molecular complexity index is 802. The first-order chi connectivity index (χ1) is 13.0. The number of piperidine rings is 1. The third-order valence-corrected chi connectivity index (χ3v) is 5.79. The first-order valence-electron chi connectivity index (χ1n) is 9.21. The van der Waals surface area contributed by atoms with E-state index in [0.29, 0.717) is 38.3 Å². The van der Waals surface area contributed by atoms with E-state index in [1.807, 2.05) is 6.07 Å². The van der Waals surface area contributed by atoms with E-state index < -0.39 is 5.60 Å². The summed E-state index contributed by atoms with van der Waals surface area (Å²) in [7, 11) is 1.68. The third kappa shape index (κ3) is 3.40. The van der Waals surface area contributed by atoms with Crippen molar-refractivity contribution in [2.75, 3.05) is 26.8 Å². The highest BCUT2D eigenvalue weighted by Gasteiger charge is 2.41. The number of nitrogens with zero attached hydrogens (tertiary/aromatic N) is 1. The van der Waals surface area contributed by atoms with Gasteiger partial charge in [-0.15, -0.1) is 0 Å². The van der Waals surface area contributed by atoms with Crippen molar-refractivity contribution in [3.63, 3.8) is 0 Å². The molecule has 0 amide bonds. The van der Waals surface area contributed by atoms with Crippen LogP contribution in [0.2, 0.25) is 0 Å². The predicted octanol–water partition coefficient (Wildman–Crippen LogP) is 2.96. The molecule has 0 aliphatic carbocycles. The lowest BCUT2D eigenvalue weighted by atomic mass is 9.83. The van der Waals surface area contributed by atoms with Gasteiger partial charge in [0.2, 0.25) is 0 Å². The predicted molar refractivity (Wildman–Crippen MR) is 98.2 cm³/mol. The number of halogens is 1. The minimum Gasteiger partial charge on any atom is -0.508 e. The Labute approximate surface area is 158 Å². The smallest absolute Gasteiger partial charge is 0.128 e. The Morgan fingerprint density at radius 2 is 1.85 bits per heavy atom. The third-order valence-electron chi connectivity index (χ3n) is 5.79. The summed E-state index contributed by atoms with van der Waals surface area (Å²) in [5.41, 5.74) is 0.741. The van der Waals surface area contributed by atoms with Crippen molar-refractivity contribution in [2.45, 2.75) is 30.6 Å². The van der Waals surface area contributed by atoms with Crippen LogP contribution < -0.4 is 4.74 Å². The van der Waals surface area contributed by atoms with Crippen molar-refractivity contribution >= 4 is 0 Å². The van der Waals surface area contributed by atoms with Gasteiger partial charge in [-0.1, -0.05) is 12.1 Å². The van der Waals surface area contributed by atoms with E-state index >= 15 is 0 Å². The normalized spacial score (nSPS) is 24.9. The van der Waals surface area contributed by atoms with Gasteiger partial charge in [-0.3, -0.25) is 4.90 Å². The van der Waals surface area contributed by atoms with Gasteiger partial charge in [0.1, 0.15) is 30.0 Å². The Balaban J connectivity index is 1.49. The summed E-state index contributed by atoms with van der Waals surface area (Å²) in [4.78, 5) is 2.28. The second kappa shape index (κ2) is 7.11. The molecule has 2 aliphatic rings. The Morgan fingerprint density at radius 1 is 1.15 bits per heavy atom. The van der Waals surface area contributed by atoms with Crippen LogP contribution >= 0.6 is 0 Å². The van der Waals surface area contributed by atoms with Crippen molar-refractivity contribution in [2.24, 2.45) is 0 Å². The zero-order valence-corrected chi connectivity index (χ0v) is 15.3. The molecule has 2 aliphatic heterocycles. The molecule has 1 saturated heterocycles. The molecule has 0 radical (unpaired) electrons. The molecule has 2 aromatic rings. The van der Waals surface area contributed by atoms with Crippen molar-refractivity contribution in [1.82, 2.24) is 4.90 Å². The van der Waals surface area contributed by atoms with Gasteiger partial charge in [0.15, 0.2) is 0 Å². The standard InChI is InChI=1S/C21H24FNO4/c1-26-20-17-7-6-16(24)12-19(17)27-13-18(20)23-10-8-21(25,9-11-23)14-2-4-15(22)5-3-14/h2-7,12,18,20,24-25H,8-11,13H2,1H3/t18-,20+/m1/s1. The van der Waals surface area contributed by atoms with Crippen LogP contribution in [0.25, 0.3) is 0 Å². The molecule has 0 unspecified atom stereocenters. The maximum absolute atomic E-state index is 13.2. The van der Waals surface area contributed by atoms with Crippen LogP contribution in [0.5, 0.6) is 11.5 Å². The first kappa shape index (κ1) is 18.2. The number of hydrogen-bond donors (Lipinski definition) is 2. The van der Waals surface area contributed by atoms with Gasteiger partial charge >= 0.3 is 0 Å². The highest BCUT2D eigenvalue weighted by atomic mass is 19.1. The molecular formula is C21H24FNO4. The summed E-state index contributed by atoms with van der Waals surface area (Å²) in [6, 6.07) is 11.2. The van der Waals surface area contributed by atoms with Crippen LogP contribution in [0.4, 0.5) is 4.39 Å². The minimum absolute atomic E-state index is 0.0322. The largest absolute Gasteiger partial charge is 0.508 e. The van der Waals surface area contributed by atoms with Gasteiger partial charge in [-0.2, -0.15) is 0 Å². The molecule has 5 nitrogen and oxygen atoms in total. The Hall–Kier alpha value is -2.15. The highest BCUT2D eigenvalue weighted by Crippen LogP contribution is 2.41. The van der Waals surface area contributed by atoms with E-state index in [1.54, 1.807) is 31.4 Å². The number of fused-ring (bicyclic) bond motifs is 1. The van der Waals surface area contributed by atoms with E-state index in [1.165, 1.54) is 12.1 Å². The Morgan fingerprint density at radius 3 is 2.52 bits per heavy atom. The first-order valence-corrected chi connectivity index (χ1v) is 9.21. The molecule has 0 saturated carbocycles. The fourth-order valence-electron chi connectivity index (χ4n) is 4.21. The highest BCUT2D eigenvalue weighted by molar-refractivity contribution is 5.43. The molecule has 2 atom stereocenters. The van der Waals surface area contributed by atoms with E-state index in [-0.39, 0.29) is 23.7 Å². The Kier molecular flexibility index (Phi) is 4.80. The molecule has 6 heteroatoms. The topological polar surface area (TPSA) is 62.2 Å². The van der Waals surface area contributed by atoms with E-state index in [2.05, 4.69) is 4.90 Å². The molecule has 27 heavy (non-hydrogen) atoms. The fourth-order valence-corrected chi connectivity index (χ4v) is 4.21. The van der Waals surface area contributed by atoms with Gasteiger partial charge in [0.25, 0.3) is 0 Å². The lowest BCUT2D eigenvalue weighted by Crippen LogP contribution is -2.52. The van der Waals surface area contributed by atoms with Crippen molar-refractivity contribution in [3.05, 3.63) is 59.4 Å². The number of hydrogen-bond acceptors (Lipinski definition) is 5. The van der Waals surface area contributed by atoms with Gasteiger partial charge in [0.05, 0.1) is 11.6 Å². The summed E-state index contributed by atoms with van der Waals surface area (Å²) >= 11 is 0. The maximum atomic E-state index is 13.2. The number of rotatable bonds is 3. The number of phenolic OH excluding ortho intramolecular Hbond substituents is 1. The summed E-state index contributed by atoms with van der Waals surface area (Å²) in [5, 5.41) is 20.7. The number of phenols is 1. The van der Waals surface area contributed by atoms with Crippen LogP contribution in [0.1, 0.15) is 30.1 Å². The van der Waals surface area contributed by atoms with Crippen molar-refractivity contribution in [3.8, 4) is 11.5 Å². The molecule has 0 spiro atoms. The summed E-state index contributed by atoms with van der Waals surface area (Å²) in [5.74, 6) is 0.522. The molecule has 0 bridgehead atoms. The number of ether oxygens (including phenoxy) is 2. The molecule has 0 aromatic heterocycles. The lowest BCUT2D eigenvalue weighted by Gasteiger charge is -2.45. The van der Waals surface area contributed by atoms with Crippen LogP contribution in [0.3, 0.4) is 0 Å². The monoisotopic (exact) mass is 373 g/mol. The zero-order chi connectivity index (χ0) is 19.0. The SMILES string of the molecule is CO[C@H]1c2ccc(O)cc2OC[C@H]1N1CCC(O)(c2ccc(F)cc2)CC1. The second-order valence-corrected chi connectivity index (χ2v) is 7.33. The summed E-state index contributed by atoms with van der Waals surface area (Å²) in [6.45, 7) is 1.84. The van der Waals surface area contributed by atoms with Crippen LogP contribution in [0, 0.1) is 5.82 Å². The molecule has 1 fully saturated rings. The van der Waals surface area contributed by atoms with Crippen LogP contribution in [-0.4, -0.2) is 48.0 Å². The van der Waals surface area contributed by atoms with E-state index in [9.17, 15) is 14.6 Å². The van der Waals surface area contributed by atoms with Crippen molar-refractivity contribution < 1.29 is 24.1 Å². The van der Waals surface area contributed by atoms with Crippen LogP contribution in [0.15, 0.2) is 42.5 Å². The van der Waals surface area contributed by atoms with Gasteiger partial charge < -0.3 is 19.7 Å². The number of benzene rings is 2. The fraction of sp³-hybridized carbons (Fsp3) is 0.429. The lowest BCUT2D eigenvalue weighted by molar-refractivity contribution is -0.0750.